The normalized spacial score (nSPS) is 11.2. The summed E-state index contributed by atoms with van der Waals surface area (Å²) in [7, 11) is 0. The standard InChI is InChI=1S/C42H34O6/c1-3-27-23-24-35-40(30(27)4-2)42(46-26-39(44)48-37-22-12-16-29-14-6-8-18-32(29)37)34-20-10-9-19-33(34)41(35)45-25-38(43)47-36-21-11-15-28-13-5-7-17-31(28)36/h5-24H,3-4,25-26H2,1-2H3. The molecule has 0 aliphatic rings. The minimum atomic E-state index is -0.513. The summed E-state index contributed by atoms with van der Waals surface area (Å²) in [5.74, 6) is 1.08. The molecule has 0 amide bonds. The Labute approximate surface area is 278 Å². The zero-order chi connectivity index (χ0) is 33.0. The average Bonchev–Trinajstić information content (AvgIpc) is 3.12. The van der Waals surface area contributed by atoms with Gasteiger partial charge in [0.2, 0.25) is 0 Å². The fourth-order valence-corrected chi connectivity index (χ4v) is 6.47. The highest BCUT2D eigenvalue weighted by molar-refractivity contribution is 6.12. The van der Waals surface area contributed by atoms with Crippen molar-refractivity contribution in [3.63, 3.8) is 0 Å². The van der Waals surface area contributed by atoms with E-state index in [-0.39, 0.29) is 13.2 Å². The van der Waals surface area contributed by atoms with Gasteiger partial charge in [-0.1, -0.05) is 123 Å². The van der Waals surface area contributed by atoms with Gasteiger partial charge in [-0.05, 0) is 46.9 Å². The van der Waals surface area contributed by atoms with E-state index in [0.29, 0.717) is 23.0 Å². The second-order valence-corrected chi connectivity index (χ2v) is 11.5. The van der Waals surface area contributed by atoms with E-state index < -0.39 is 11.9 Å². The van der Waals surface area contributed by atoms with Crippen molar-refractivity contribution in [2.75, 3.05) is 13.2 Å². The summed E-state index contributed by atoms with van der Waals surface area (Å²) in [5.41, 5.74) is 2.27. The van der Waals surface area contributed by atoms with Crippen LogP contribution < -0.4 is 18.9 Å². The second-order valence-electron chi connectivity index (χ2n) is 11.5. The number of carbonyl (C=O) groups is 2. The van der Waals surface area contributed by atoms with Crippen LogP contribution in [0.25, 0.3) is 43.1 Å². The molecular formula is C42H34O6. The fourth-order valence-electron chi connectivity index (χ4n) is 6.47. The molecule has 48 heavy (non-hydrogen) atoms. The van der Waals surface area contributed by atoms with Crippen LogP contribution in [-0.2, 0) is 22.4 Å². The van der Waals surface area contributed by atoms with Crippen molar-refractivity contribution in [2.24, 2.45) is 0 Å². The van der Waals surface area contributed by atoms with Gasteiger partial charge in [0.25, 0.3) is 0 Å². The van der Waals surface area contributed by atoms with Gasteiger partial charge in [0, 0.05) is 32.3 Å². The molecular weight excluding hydrogens is 600 g/mol. The molecule has 6 heteroatoms. The smallest absolute Gasteiger partial charge is 0.349 e. The average molecular weight is 635 g/mol. The largest absolute Gasteiger partial charge is 0.481 e. The van der Waals surface area contributed by atoms with Crippen molar-refractivity contribution in [1.29, 1.82) is 0 Å². The van der Waals surface area contributed by atoms with E-state index in [1.165, 1.54) is 5.56 Å². The summed E-state index contributed by atoms with van der Waals surface area (Å²) in [6.45, 7) is 3.63. The molecule has 0 bridgehead atoms. The fraction of sp³-hybridized carbons (Fsp3) is 0.143. The van der Waals surface area contributed by atoms with Gasteiger partial charge in [0.15, 0.2) is 13.2 Å². The molecule has 0 heterocycles. The zero-order valence-electron chi connectivity index (χ0n) is 26.8. The molecule has 7 aromatic rings. The van der Waals surface area contributed by atoms with Crippen molar-refractivity contribution in [1.82, 2.24) is 0 Å². The van der Waals surface area contributed by atoms with E-state index in [2.05, 4.69) is 19.9 Å². The minimum absolute atomic E-state index is 0.292. The van der Waals surface area contributed by atoms with Crippen LogP contribution in [0.4, 0.5) is 0 Å². The summed E-state index contributed by atoms with van der Waals surface area (Å²) >= 11 is 0. The van der Waals surface area contributed by atoms with Crippen LogP contribution in [-0.4, -0.2) is 25.2 Å². The Balaban J connectivity index is 1.23. The van der Waals surface area contributed by atoms with Gasteiger partial charge in [0.1, 0.15) is 23.0 Å². The van der Waals surface area contributed by atoms with Crippen LogP contribution in [0.15, 0.2) is 121 Å². The molecule has 0 radical (unpaired) electrons. The second kappa shape index (κ2) is 13.5. The van der Waals surface area contributed by atoms with E-state index in [9.17, 15) is 9.59 Å². The number of carbonyl (C=O) groups excluding carboxylic acids is 2. The highest BCUT2D eigenvalue weighted by Gasteiger charge is 2.22. The van der Waals surface area contributed by atoms with Crippen molar-refractivity contribution in [3.8, 4) is 23.0 Å². The van der Waals surface area contributed by atoms with Crippen molar-refractivity contribution in [2.45, 2.75) is 26.7 Å². The number of esters is 2. The molecule has 0 atom stereocenters. The maximum Gasteiger partial charge on any atom is 0.349 e. The zero-order valence-corrected chi connectivity index (χ0v) is 26.8. The van der Waals surface area contributed by atoms with E-state index in [1.807, 2.05) is 103 Å². The lowest BCUT2D eigenvalue weighted by atomic mass is 9.91. The van der Waals surface area contributed by atoms with Crippen LogP contribution in [0.1, 0.15) is 25.0 Å². The maximum absolute atomic E-state index is 13.2. The summed E-state index contributed by atoms with van der Waals surface area (Å²) in [4.78, 5) is 26.4. The maximum atomic E-state index is 13.2. The SMILES string of the molecule is CCc1ccc2c(OCC(=O)Oc3cccc4ccccc34)c3ccccc3c(OCC(=O)Oc3cccc4ccccc34)c2c1CC. The number of benzene rings is 7. The van der Waals surface area contributed by atoms with Crippen molar-refractivity contribution >= 4 is 55.0 Å². The lowest BCUT2D eigenvalue weighted by molar-refractivity contribution is -0.137. The number of ether oxygens (including phenoxy) is 4. The third-order valence-corrected chi connectivity index (χ3v) is 8.65. The number of hydrogen-bond donors (Lipinski definition) is 0. The van der Waals surface area contributed by atoms with E-state index in [0.717, 1.165) is 61.5 Å². The molecule has 0 fully saturated rings. The molecule has 0 aliphatic carbocycles. The monoisotopic (exact) mass is 634 g/mol. The Hall–Kier alpha value is -5.88. The predicted octanol–water partition coefficient (Wildman–Crippen LogP) is 9.39. The Morgan fingerprint density at radius 1 is 0.479 bits per heavy atom. The Morgan fingerprint density at radius 2 is 0.958 bits per heavy atom. The van der Waals surface area contributed by atoms with E-state index >= 15 is 0 Å². The van der Waals surface area contributed by atoms with Gasteiger partial charge in [-0.15, -0.1) is 0 Å². The third-order valence-electron chi connectivity index (χ3n) is 8.65. The lowest BCUT2D eigenvalue weighted by Crippen LogP contribution is -2.19. The van der Waals surface area contributed by atoms with Gasteiger partial charge in [-0.25, -0.2) is 9.59 Å². The molecule has 0 saturated carbocycles. The highest BCUT2D eigenvalue weighted by atomic mass is 16.6. The van der Waals surface area contributed by atoms with Gasteiger partial charge >= 0.3 is 11.9 Å². The first-order valence-electron chi connectivity index (χ1n) is 16.2. The Bertz CT molecular complexity index is 2310. The van der Waals surface area contributed by atoms with Gasteiger partial charge < -0.3 is 18.9 Å². The van der Waals surface area contributed by atoms with E-state index in [4.69, 9.17) is 18.9 Å². The number of fused-ring (bicyclic) bond motifs is 4. The number of rotatable bonds is 10. The first-order valence-corrected chi connectivity index (χ1v) is 16.2. The lowest BCUT2D eigenvalue weighted by Gasteiger charge is -2.21. The van der Waals surface area contributed by atoms with Crippen LogP contribution in [0.3, 0.4) is 0 Å². The van der Waals surface area contributed by atoms with Crippen molar-refractivity contribution < 1.29 is 28.5 Å². The topological polar surface area (TPSA) is 71.1 Å². The summed E-state index contributed by atoms with van der Waals surface area (Å²) in [6, 6.07) is 38.6. The number of hydrogen-bond acceptors (Lipinski definition) is 6. The molecule has 0 spiro atoms. The summed E-state index contributed by atoms with van der Waals surface area (Å²) in [6.07, 6.45) is 1.56. The minimum Gasteiger partial charge on any atom is -0.481 e. The number of aryl methyl sites for hydroxylation is 2. The molecule has 0 aliphatic heterocycles. The van der Waals surface area contributed by atoms with Gasteiger partial charge in [-0.3, -0.25) is 0 Å². The first-order chi connectivity index (χ1) is 23.6. The van der Waals surface area contributed by atoms with Gasteiger partial charge in [-0.2, -0.15) is 0 Å². The molecule has 238 valence electrons. The van der Waals surface area contributed by atoms with Crippen LogP contribution in [0.2, 0.25) is 0 Å². The molecule has 0 saturated heterocycles. The molecule has 0 aromatic heterocycles. The van der Waals surface area contributed by atoms with Crippen molar-refractivity contribution in [3.05, 3.63) is 132 Å². The van der Waals surface area contributed by atoms with Crippen LogP contribution in [0, 0.1) is 0 Å². The van der Waals surface area contributed by atoms with Gasteiger partial charge in [0.05, 0.1) is 0 Å². The molecule has 0 N–H and O–H groups in total. The molecule has 7 aromatic carbocycles. The molecule has 0 unspecified atom stereocenters. The van der Waals surface area contributed by atoms with Crippen LogP contribution in [0.5, 0.6) is 23.0 Å². The van der Waals surface area contributed by atoms with E-state index in [1.54, 1.807) is 12.1 Å². The Morgan fingerprint density at radius 3 is 1.50 bits per heavy atom. The molecule has 7 rings (SSSR count). The quantitative estimate of drug-likeness (QED) is 0.0848. The molecule has 6 nitrogen and oxygen atoms in total. The predicted molar refractivity (Wildman–Crippen MR) is 190 cm³/mol. The summed E-state index contributed by atoms with van der Waals surface area (Å²) < 4.78 is 24.3. The summed E-state index contributed by atoms with van der Waals surface area (Å²) in [5, 5.41) is 6.84. The first kappa shape index (κ1) is 30.8. The third kappa shape index (κ3) is 5.89. The van der Waals surface area contributed by atoms with Crippen LogP contribution >= 0.6 is 0 Å². The Kier molecular flexibility index (Phi) is 8.63. The highest BCUT2D eigenvalue weighted by Crippen LogP contribution is 2.45.